The number of hydrogen-bond donors (Lipinski definition) is 1. The smallest absolute Gasteiger partial charge is 0.225 e. The number of nitriles is 1. The highest BCUT2D eigenvalue weighted by Gasteiger charge is 2.06. The number of rotatable bonds is 3. The zero-order valence-corrected chi connectivity index (χ0v) is 9.08. The minimum atomic E-state index is -0.461. The summed E-state index contributed by atoms with van der Waals surface area (Å²) in [6.45, 7) is 1.63. The number of benzene rings is 1. The van der Waals surface area contributed by atoms with E-state index in [-0.39, 0.29) is 12.3 Å². The average Bonchev–Trinajstić information content (AvgIpc) is 2.17. The van der Waals surface area contributed by atoms with E-state index in [2.05, 4.69) is 5.32 Å². The third kappa shape index (κ3) is 4.01. The summed E-state index contributed by atoms with van der Waals surface area (Å²) in [5.41, 5.74) is 0.838. The second-order valence-corrected chi connectivity index (χ2v) is 3.66. The molecule has 78 valence electrons. The van der Waals surface area contributed by atoms with E-state index in [1.165, 1.54) is 0 Å². The molecule has 0 heterocycles. The minimum absolute atomic E-state index is 0.175. The molecule has 1 N–H and O–H groups in total. The zero-order chi connectivity index (χ0) is 11.3. The van der Waals surface area contributed by atoms with Gasteiger partial charge < -0.3 is 5.32 Å². The first-order valence-electron chi connectivity index (χ1n) is 4.55. The number of halogens is 1. The Hall–Kier alpha value is -1.53. The van der Waals surface area contributed by atoms with Crippen LogP contribution in [0.2, 0.25) is 5.02 Å². The van der Waals surface area contributed by atoms with Crippen LogP contribution in [0.3, 0.4) is 0 Å². The summed E-state index contributed by atoms with van der Waals surface area (Å²) in [7, 11) is 0. The molecular weight excluding hydrogens is 212 g/mol. The van der Waals surface area contributed by atoms with Gasteiger partial charge in [-0.3, -0.25) is 4.79 Å². The molecule has 3 nitrogen and oxygen atoms in total. The Morgan fingerprint density at radius 3 is 3.00 bits per heavy atom. The molecular formula is C11H11ClN2O. The number of carbonyl (C=O) groups excluding carboxylic acids is 1. The lowest BCUT2D eigenvalue weighted by Gasteiger charge is -2.06. The third-order valence-electron chi connectivity index (χ3n) is 1.82. The van der Waals surface area contributed by atoms with Crippen LogP contribution < -0.4 is 5.32 Å². The molecule has 15 heavy (non-hydrogen) atoms. The van der Waals surface area contributed by atoms with Crippen LogP contribution in [-0.4, -0.2) is 11.9 Å². The molecule has 0 radical (unpaired) electrons. The fourth-order valence-corrected chi connectivity index (χ4v) is 1.37. The monoisotopic (exact) mass is 222 g/mol. The maximum atomic E-state index is 11.4. The summed E-state index contributed by atoms with van der Waals surface area (Å²) in [5, 5.41) is 11.7. The third-order valence-corrected chi connectivity index (χ3v) is 2.06. The standard InChI is InChI=1S/C11H11ClN2O/c1-8(7-13)14-11(15)6-9-3-2-4-10(12)5-9/h2-5,8H,6H2,1H3,(H,14,15). The van der Waals surface area contributed by atoms with Crippen LogP contribution in [0, 0.1) is 11.3 Å². The number of nitrogens with zero attached hydrogens (tertiary/aromatic N) is 1. The summed E-state index contributed by atoms with van der Waals surface area (Å²) < 4.78 is 0. The van der Waals surface area contributed by atoms with E-state index in [1.54, 1.807) is 25.1 Å². The fraction of sp³-hybridized carbons (Fsp3) is 0.273. The number of hydrogen-bond acceptors (Lipinski definition) is 2. The Labute approximate surface area is 93.7 Å². The SMILES string of the molecule is CC(C#N)NC(=O)Cc1cccc(Cl)c1. The van der Waals surface area contributed by atoms with Gasteiger partial charge in [-0.05, 0) is 24.6 Å². The fourth-order valence-electron chi connectivity index (χ4n) is 1.16. The number of carbonyl (C=O) groups is 1. The normalized spacial score (nSPS) is 11.5. The highest BCUT2D eigenvalue weighted by atomic mass is 35.5. The summed E-state index contributed by atoms with van der Waals surface area (Å²) in [4.78, 5) is 11.4. The molecule has 0 bridgehead atoms. The molecule has 0 aromatic heterocycles. The summed E-state index contributed by atoms with van der Waals surface area (Å²) in [5.74, 6) is -0.175. The van der Waals surface area contributed by atoms with Gasteiger partial charge in [0.25, 0.3) is 0 Å². The van der Waals surface area contributed by atoms with Gasteiger partial charge in [0.05, 0.1) is 12.5 Å². The topological polar surface area (TPSA) is 52.9 Å². The van der Waals surface area contributed by atoms with Crippen molar-refractivity contribution in [3.05, 3.63) is 34.9 Å². The molecule has 1 amide bonds. The van der Waals surface area contributed by atoms with E-state index in [1.807, 2.05) is 12.1 Å². The summed E-state index contributed by atoms with van der Waals surface area (Å²) in [6.07, 6.45) is 0.243. The average molecular weight is 223 g/mol. The van der Waals surface area contributed by atoms with Crippen molar-refractivity contribution >= 4 is 17.5 Å². The molecule has 0 saturated carbocycles. The molecule has 1 aromatic rings. The molecule has 0 spiro atoms. The van der Waals surface area contributed by atoms with Crippen LogP contribution in [0.15, 0.2) is 24.3 Å². The lowest BCUT2D eigenvalue weighted by Crippen LogP contribution is -2.32. The van der Waals surface area contributed by atoms with E-state index in [0.29, 0.717) is 5.02 Å². The molecule has 0 aliphatic rings. The van der Waals surface area contributed by atoms with Crippen molar-refractivity contribution in [1.82, 2.24) is 5.32 Å². The van der Waals surface area contributed by atoms with Gasteiger partial charge in [0.15, 0.2) is 0 Å². The number of nitrogens with one attached hydrogen (secondary N) is 1. The van der Waals surface area contributed by atoms with Crippen LogP contribution >= 0.6 is 11.6 Å². The highest BCUT2D eigenvalue weighted by molar-refractivity contribution is 6.30. The van der Waals surface area contributed by atoms with E-state index < -0.39 is 6.04 Å². The molecule has 0 fully saturated rings. The Bertz CT molecular complexity index is 398. The minimum Gasteiger partial charge on any atom is -0.340 e. The first kappa shape index (κ1) is 11.5. The van der Waals surface area contributed by atoms with Crippen LogP contribution in [0.1, 0.15) is 12.5 Å². The zero-order valence-electron chi connectivity index (χ0n) is 8.33. The van der Waals surface area contributed by atoms with Gasteiger partial charge in [0, 0.05) is 5.02 Å². The predicted molar refractivity (Wildman–Crippen MR) is 58.4 cm³/mol. The number of amides is 1. The second kappa shape index (κ2) is 5.38. The lowest BCUT2D eigenvalue weighted by molar-refractivity contribution is -0.120. The predicted octanol–water partition coefficient (Wildman–Crippen LogP) is 1.91. The Kier molecular flexibility index (Phi) is 4.14. The summed E-state index contributed by atoms with van der Waals surface area (Å²) >= 11 is 5.78. The van der Waals surface area contributed by atoms with Crippen molar-refractivity contribution in [1.29, 1.82) is 5.26 Å². The van der Waals surface area contributed by atoms with Crippen molar-refractivity contribution in [3.8, 4) is 6.07 Å². The van der Waals surface area contributed by atoms with E-state index in [0.717, 1.165) is 5.56 Å². The van der Waals surface area contributed by atoms with Crippen molar-refractivity contribution in [2.75, 3.05) is 0 Å². The molecule has 1 unspecified atom stereocenters. The van der Waals surface area contributed by atoms with Crippen LogP contribution in [0.25, 0.3) is 0 Å². The maximum absolute atomic E-state index is 11.4. The Balaban J connectivity index is 2.56. The molecule has 0 aliphatic heterocycles. The lowest BCUT2D eigenvalue weighted by atomic mass is 10.1. The quantitative estimate of drug-likeness (QED) is 0.850. The van der Waals surface area contributed by atoms with Gasteiger partial charge in [-0.2, -0.15) is 5.26 Å². The van der Waals surface area contributed by atoms with Gasteiger partial charge >= 0.3 is 0 Å². The largest absolute Gasteiger partial charge is 0.340 e. The van der Waals surface area contributed by atoms with Crippen molar-refractivity contribution in [2.45, 2.75) is 19.4 Å². The van der Waals surface area contributed by atoms with Gasteiger partial charge in [-0.25, -0.2) is 0 Å². The molecule has 0 saturated heterocycles. The van der Waals surface area contributed by atoms with E-state index >= 15 is 0 Å². The Morgan fingerprint density at radius 2 is 2.40 bits per heavy atom. The van der Waals surface area contributed by atoms with Crippen molar-refractivity contribution in [2.24, 2.45) is 0 Å². The van der Waals surface area contributed by atoms with E-state index in [4.69, 9.17) is 16.9 Å². The van der Waals surface area contributed by atoms with Gasteiger partial charge in [-0.15, -0.1) is 0 Å². The molecule has 1 rings (SSSR count). The van der Waals surface area contributed by atoms with Crippen LogP contribution in [0.4, 0.5) is 0 Å². The molecule has 1 aromatic carbocycles. The van der Waals surface area contributed by atoms with E-state index in [9.17, 15) is 4.79 Å². The molecule has 1 atom stereocenters. The first-order chi connectivity index (χ1) is 7.11. The van der Waals surface area contributed by atoms with Crippen molar-refractivity contribution < 1.29 is 4.79 Å². The van der Waals surface area contributed by atoms with Gasteiger partial charge in [0.2, 0.25) is 5.91 Å². The Morgan fingerprint density at radius 1 is 1.67 bits per heavy atom. The molecule has 0 aliphatic carbocycles. The van der Waals surface area contributed by atoms with Gasteiger partial charge in [-0.1, -0.05) is 23.7 Å². The summed E-state index contributed by atoms with van der Waals surface area (Å²) in [6, 6.07) is 8.57. The second-order valence-electron chi connectivity index (χ2n) is 3.22. The maximum Gasteiger partial charge on any atom is 0.225 e. The molecule has 4 heteroatoms. The van der Waals surface area contributed by atoms with Gasteiger partial charge in [0.1, 0.15) is 6.04 Å². The van der Waals surface area contributed by atoms with Crippen molar-refractivity contribution in [3.63, 3.8) is 0 Å². The van der Waals surface area contributed by atoms with Crippen LogP contribution in [-0.2, 0) is 11.2 Å². The highest BCUT2D eigenvalue weighted by Crippen LogP contribution is 2.10. The first-order valence-corrected chi connectivity index (χ1v) is 4.93. The van der Waals surface area contributed by atoms with Crippen LogP contribution in [0.5, 0.6) is 0 Å².